The van der Waals surface area contributed by atoms with Crippen LogP contribution in [0.1, 0.15) is 52.5 Å². The van der Waals surface area contributed by atoms with Crippen LogP contribution < -0.4 is 5.32 Å². The zero-order valence-electron chi connectivity index (χ0n) is 16.3. The van der Waals surface area contributed by atoms with Crippen molar-refractivity contribution in [1.29, 1.82) is 0 Å². The number of benzene rings is 2. The molecule has 4 rings (SSSR count). The molecule has 3 N–H and O–H groups in total. The van der Waals surface area contributed by atoms with Crippen LogP contribution in [0.3, 0.4) is 0 Å². The second-order valence-electron chi connectivity index (χ2n) is 6.85. The maximum atomic E-state index is 12.9. The highest BCUT2D eigenvalue weighted by atomic mass is 32.1. The van der Waals surface area contributed by atoms with E-state index in [9.17, 15) is 24.3 Å². The van der Waals surface area contributed by atoms with Gasteiger partial charge in [-0.05, 0) is 37.3 Å². The van der Waals surface area contributed by atoms with Crippen LogP contribution in [-0.2, 0) is 0 Å². The normalized spacial score (nSPS) is 10.7. The highest BCUT2D eigenvalue weighted by Gasteiger charge is 2.16. The van der Waals surface area contributed by atoms with E-state index in [1.54, 1.807) is 54.6 Å². The summed E-state index contributed by atoms with van der Waals surface area (Å²) in [6.45, 7) is 1.44. The molecule has 0 fully saturated rings. The fourth-order valence-corrected chi connectivity index (χ4v) is 4.01. The van der Waals surface area contributed by atoms with Gasteiger partial charge in [-0.1, -0.05) is 24.3 Å². The molecule has 0 radical (unpaired) electrons. The fraction of sp³-hybridized carbons (Fsp3) is 0.0435. The molecule has 0 saturated heterocycles. The first-order chi connectivity index (χ1) is 14.9. The van der Waals surface area contributed by atoms with Crippen molar-refractivity contribution >= 4 is 51.7 Å². The van der Waals surface area contributed by atoms with Crippen molar-refractivity contribution in [3.8, 4) is 5.88 Å². The molecule has 0 aliphatic carbocycles. The number of hydrogen-bond donors (Lipinski definition) is 3. The molecular formula is C23H16N2O5S. The van der Waals surface area contributed by atoms with Crippen LogP contribution >= 0.6 is 11.3 Å². The number of aromatic hydroxyl groups is 1. The van der Waals surface area contributed by atoms with E-state index in [2.05, 4.69) is 10.3 Å². The molecule has 8 heteroatoms. The van der Waals surface area contributed by atoms with Gasteiger partial charge in [0.15, 0.2) is 23.7 Å². The number of hydrogen-bond acceptors (Lipinski definition) is 6. The van der Waals surface area contributed by atoms with Crippen LogP contribution in [-0.4, -0.2) is 33.9 Å². The number of thiophene rings is 1. The van der Waals surface area contributed by atoms with Crippen molar-refractivity contribution in [1.82, 2.24) is 4.98 Å². The monoisotopic (exact) mass is 432 g/mol. The summed E-state index contributed by atoms with van der Waals surface area (Å²) in [6.07, 6.45) is 0.550. The highest BCUT2D eigenvalue weighted by molar-refractivity contribution is 7.16. The van der Waals surface area contributed by atoms with Crippen molar-refractivity contribution in [2.45, 2.75) is 6.92 Å². The van der Waals surface area contributed by atoms with Crippen molar-refractivity contribution < 1.29 is 24.3 Å². The predicted octanol–water partition coefficient (Wildman–Crippen LogP) is 4.43. The first-order valence-corrected chi connectivity index (χ1v) is 10.1. The van der Waals surface area contributed by atoms with Gasteiger partial charge in [0.05, 0.1) is 15.3 Å². The first-order valence-electron chi connectivity index (χ1n) is 9.24. The van der Waals surface area contributed by atoms with Gasteiger partial charge in [-0.25, -0.2) is 0 Å². The molecule has 2 aromatic heterocycles. The van der Waals surface area contributed by atoms with E-state index in [-0.39, 0.29) is 28.9 Å². The van der Waals surface area contributed by atoms with E-state index < -0.39 is 0 Å². The lowest BCUT2D eigenvalue weighted by Crippen LogP contribution is -2.11. The van der Waals surface area contributed by atoms with E-state index in [1.165, 1.54) is 6.92 Å². The van der Waals surface area contributed by atoms with E-state index in [1.807, 2.05) is 0 Å². The predicted molar refractivity (Wildman–Crippen MR) is 118 cm³/mol. The van der Waals surface area contributed by atoms with Gasteiger partial charge >= 0.3 is 0 Å². The number of carbonyl (C=O) groups excluding carboxylic acids is 4. The van der Waals surface area contributed by atoms with Gasteiger partial charge in [-0.3, -0.25) is 19.2 Å². The third-order valence-electron chi connectivity index (χ3n) is 4.76. The highest BCUT2D eigenvalue weighted by Crippen LogP contribution is 2.27. The topological polar surface area (TPSA) is 116 Å². The minimum atomic E-state index is -0.369. The molecule has 31 heavy (non-hydrogen) atoms. The molecule has 4 aromatic rings. The molecular weight excluding hydrogens is 416 g/mol. The van der Waals surface area contributed by atoms with Crippen molar-refractivity contribution in [2.24, 2.45) is 0 Å². The molecule has 0 spiro atoms. The summed E-state index contributed by atoms with van der Waals surface area (Å²) in [5.41, 5.74) is 1.77. The summed E-state index contributed by atoms with van der Waals surface area (Å²) in [6, 6.07) is 14.4. The maximum absolute atomic E-state index is 12.9. The Bertz CT molecular complexity index is 1370. The Morgan fingerprint density at radius 3 is 2.45 bits per heavy atom. The summed E-state index contributed by atoms with van der Waals surface area (Å²) < 4.78 is 0. The van der Waals surface area contributed by atoms with Crippen LogP contribution in [0.2, 0.25) is 0 Å². The largest absolute Gasteiger partial charge is 0.494 e. The average Bonchev–Trinajstić information content (AvgIpc) is 3.37. The summed E-state index contributed by atoms with van der Waals surface area (Å²) in [4.78, 5) is 51.5. The zero-order valence-corrected chi connectivity index (χ0v) is 17.1. The zero-order chi connectivity index (χ0) is 22.1. The number of aldehydes is 1. The molecule has 2 heterocycles. The number of aromatic amines is 1. The molecule has 0 atom stereocenters. The fourth-order valence-electron chi connectivity index (χ4n) is 3.21. The molecule has 0 aliphatic heterocycles. The van der Waals surface area contributed by atoms with E-state index in [0.29, 0.717) is 43.8 Å². The lowest BCUT2D eigenvalue weighted by molar-refractivity contribution is 0.101. The van der Waals surface area contributed by atoms with Crippen LogP contribution in [0.5, 0.6) is 5.88 Å². The molecule has 0 bridgehead atoms. The van der Waals surface area contributed by atoms with Gasteiger partial charge in [0.1, 0.15) is 0 Å². The van der Waals surface area contributed by atoms with Crippen LogP contribution in [0.4, 0.5) is 5.69 Å². The quantitative estimate of drug-likeness (QED) is 0.308. The third kappa shape index (κ3) is 3.88. The number of fused-ring (bicyclic) bond motifs is 1. The number of amides is 1. The number of rotatable bonds is 6. The smallest absolute Gasteiger partial charge is 0.265 e. The van der Waals surface area contributed by atoms with Gasteiger partial charge in [-0.15, -0.1) is 11.3 Å². The Kier molecular flexibility index (Phi) is 5.22. The Morgan fingerprint density at radius 2 is 1.74 bits per heavy atom. The third-order valence-corrected chi connectivity index (χ3v) is 5.94. The molecule has 0 unspecified atom stereocenters. The molecule has 7 nitrogen and oxygen atoms in total. The van der Waals surface area contributed by atoms with Gasteiger partial charge in [0, 0.05) is 27.7 Å². The number of carbonyl (C=O) groups is 4. The van der Waals surface area contributed by atoms with Gasteiger partial charge in [0.2, 0.25) is 0 Å². The molecule has 154 valence electrons. The van der Waals surface area contributed by atoms with Gasteiger partial charge in [-0.2, -0.15) is 0 Å². The van der Waals surface area contributed by atoms with E-state index in [4.69, 9.17) is 0 Å². The Hall–Kier alpha value is -4.04. The summed E-state index contributed by atoms with van der Waals surface area (Å²) in [5, 5.41) is 13.1. The number of nitrogens with one attached hydrogen (secondary N) is 2. The van der Waals surface area contributed by atoms with Crippen molar-refractivity contribution in [3.63, 3.8) is 0 Å². The van der Waals surface area contributed by atoms with Gasteiger partial charge < -0.3 is 15.4 Å². The SMILES string of the molecule is CC(=O)c1ccc(C(=O)Nc2cccc(C(=O)c3ccc4c(C=O)c(O)[nH]c4c3)c2)s1. The summed E-state index contributed by atoms with van der Waals surface area (Å²) in [5.74, 6) is -1.01. The molecule has 1 amide bonds. The standard InChI is InChI=1S/C23H16N2O5S/c1-12(27)19-7-8-20(31-19)23(30)24-15-4-2-3-13(9-15)21(28)14-5-6-16-17(11-26)22(29)25-18(16)10-14/h2-11,25,29H,1H3,(H,24,30). The first kappa shape index (κ1) is 20.2. The van der Waals surface area contributed by atoms with E-state index in [0.717, 1.165) is 11.3 Å². The molecule has 0 aliphatic rings. The molecule has 0 saturated carbocycles. The summed E-state index contributed by atoms with van der Waals surface area (Å²) in [7, 11) is 0. The Labute approximate surface area is 180 Å². The van der Waals surface area contributed by atoms with Crippen LogP contribution in [0.25, 0.3) is 10.9 Å². The minimum absolute atomic E-state index is 0.107. The Balaban J connectivity index is 1.58. The summed E-state index contributed by atoms with van der Waals surface area (Å²) >= 11 is 1.10. The minimum Gasteiger partial charge on any atom is -0.494 e. The second kappa shape index (κ2) is 8.00. The van der Waals surface area contributed by atoms with E-state index >= 15 is 0 Å². The lowest BCUT2D eigenvalue weighted by Gasteiger charge is -2.07. The number of ketones is 2. The number of H-pyrrole nitrogens is 1. The maximum Gasteiger partial charge on any atom is 0.265 e. The number of Topliss-reactive ketones (excluding diaryl/α,β-unsaturated/α-hetero) is 1. The average molecular weight is 432 g/mol. The van der Waals surface area contributed by atoms with Crippen LogP contribution in [0.15, 0.2) is 54.6 Å². The second-order valence-corrected chi connectivity index (χ2v) is 7.93. The molecule has 2 aromatic carbocycles. The van der Waals surface area contributed by atoms with Crippen molar-refractivity contribution in [3.05, 3.63) is 81.0 Å². The van der Waals surface area contributed by atoms with Crippen LogP contribution in [0, 0.1) is 0 Å². The lowest BCUT2D eigenvalue weighted by atomic mass is 10.0. The number of anilines is 1. The Morgan fingerprint density at radius 1 is 1.00 bits per heavy atom. The van der Waals surface area contributed by atoms with Crippen molar-refractivity contribution in [2.75, 3.05) is 5.32 Å². The van der Waals surface area contributed by atoms with Gasteiger partial charge in [0.25, 0.3) is 5.91 Å². The number of aromatic nitrogens is 1.